The minimum absolute atomic E-state index is 0.226. The first-order chi connectivity index (χ1) is 18.0. The molecule has 5 rings (SSSR count). The predicted molar refractivity (Wildman–Crippen MR) is 141 cm³/mol. The number of benzene rings is 1. The molecule has 0 saturated carbocycles. The first-order valence-electron chi connectivity index (χ1n) is 12.6. The summed E-state index contributed by atoms with van der Waals surface area (Å²) in [7, 11) is 1.86. The highest BCUT2D eigenvalue weighted by atomic mass is 19.1. The van der Waals surface area contributed by atoms with E-state index in [1.807, 2.05) is 58.3 Å². The fourth-order valence-electron chi connectivity index (χ4n) is 4.61. The summed E-state index contributed by atoms with van der Waals surface area (Å²) in [5.74, 6) is 0.915. The number of fused-ring (bicyclic) bond motifs is 2. The summed E-state index contributed by atoms with van der Waals surface area (Å²) in [6.07, 6.45) is 3.67. The smallest absolute Gasteiger partial charge is 0.408 e. The van der Waals surface area contributed by atoms with Gasteiger partial charge in [-0.25, -0.2) is 19.2 Å². The van der Waals surface area contributed by atoms with Gasteiger partial charge in [0.2, 0.25) is 5.95 Å². The summed E-state index contributed by atoms with van der Waals surface area (Å²) in [4.78, 5) is 21.9. The molecule has 0 bridgehead atoms. The third kappa shape index (κ3) is 5.00. The molecule has 10 nitrogen and oxygen atoms in total. The monoisotopic (exact) mass is 521 g/mol. The van der Waals surface area contributed by atoms with E-state index in [2.05, 4.69) is 20.7 Å². The minimum atomic E-state index is -0.619. The van der Waals surface area contributed by atoms with E-state index in [4.69, 9.17) is 14.5 Å². The molecule has 38 heavy (non-hydrogen) atoms. The van der Waals surface area contributed by atoms with Crippen LogP contribution >= 0.6 is 0 Å². The molecule has 4 heterocycles. The highest BCUT2D eigenvalue weighted by molar-refractivity contribution is 5.76. The molecule has 3 aromatic heterocycles. The zero-order chi connectivity index (χ0) is 27.2. The maximum absolute atomic E-state index is 14.7. The Morgan fingerprint density at radius 3 is 2.82 bits per heavy atom. The molecule has 0 radical (unpaired) electrons. The number of nitrogens with zero attached hydrogens (tertiary/aromatic N) is 5. The molecule has 0 spiro atoms. The number of imidazole rings is 1. The Morgan fingerprint density at radius 2 is 2.11 bits per heavy atom. The van der Waals surface area contributed by atoms with Crippen molar-refractivity contribution in [1.29, 1.82) is 0 Å². The average Bonchev–Trinajstić information content (AvgIpc) is 3.55. The predicted octanol–water partition coefficient (Wildman–Crippen LogP) is 4.71. The van der Waals surface area contributed by atoms with Crippen LogP contribution in [0.5, 0.6) is 5.75 Å². The van der Waals surface area contributed by atoms with Gasteiger partial charge in [-0.15, -0.1) is 0 Å². The van der Waals surface area contributed by atoms with Crippen LogP contribution in [0.2, 0.25) is 0 Å². The fraction of sp³-hybridized carbons (Fsp3) is 0.407. The number of hydrogen-bond donors (Lipinski definition) is 2. The maximum atomic E-state index is 14.7. The SMILES string of the molecule is Cc1cc(-c2cnc(NCc3c(F)ccc4c3CCO4)n3cc(C(C)NC(=O)OC(C)(C)C)nc23)n(C)n1. The van der Waals surface area contributed by atoms with E-state index < -0.39 is 17.7 Å². The van der Waals surface area contributed by atoms with E-state index in [-0.39, 0.29) is 12.4 Å². The van der Waals surface area contributed by atoms with Gasteiger partial charge in [0.15, 0.2) is 5.65 Å². The summed E-state index contributed by atoms with van der Waals surface area (Å²) in [5, 5.41) is 10.6. The number of rotatable bonds is 6. The molecule has 1 aromatic carbocycles. The Hall–Kier alpha value is -4.15. The molecule has 0 fully saturated rings. The van der Waals surface area contributed by atoms with Crippen LogP contribution in [0.4, 0.5) is 15.1 Å². The lowest BCUT2D eigenvalue weighted by Crippen LogP contribution is -2.34. The van der Waals surface area contributed by atoms with Gasteiger partial charge in [-0.1, -0.05) is 0 Å². The van der Waals surface area contributed by atoms with Gasteiger partial charge >= 0.3 is 6.09 Å². The Balaban J connectivity index is 1.51. The van der Waals surface area contributed by atoms with Crippen molar-refractivity contribution in [3.63, 3.8) is 0 Å². The number of alkyl carbamates (subject to hydrolysis) is 1. The van der Waals surface area contributed by atoms with Gasteiger partial charge in [0.25, 0.3) is 0 Å². The van der Waals surface area contributed by atoms with Crippen LogP contribution < -0.4 is 15.4 Å². The Morgan fingerprint density at radius 1 is 1.32 bits per heavy atom. The fourth-order valence-corrected chi connectivity index (χ4v) is 4.61. The number of carbonyl (C=O) groups excluding carboxylic acids is 1. The van der Waals surface area contributed by atoms with Crippen LogP contribution in [-0.2, 0) is 24.8 Å². The van der Waals surface area contributed by atoms with Crippen molar-refractivity contribution in [1.82, 2.24) is 29.5 Å². The molecule has 1 aliphatic rings. The van der Waals surface area contributed by atoms with Crippen LogP contribution in [0.3, 0.4) is 0 Å². The van der Waals surface area contributed by atoms with Crippen LogP contribution in [0.25, 0.3) is 16.9 Å². The van der Waals surface area contributed by atoms with Gasteiger partial charge in [0, 0.05) is 43.5 Å². The van der Waals surface area contributed by atoms with Crippen LogP contribution in [0, 0.1) is 12.7 Å². The normalized spacial score (nSPS) is 13.8. The molecular formula is C27H32FN7O3. The van der Waals surface area contributed by atoms with Crippen molar-refractivity contribution >= 4 is 17.7 Å². The molecule has 4 aromatic rings. The zero-order valence-corrected chi connectivity index (χ0v) is 22.4. The highest BCUT2D eigenvalue weighted by Crippen LogP contribution is 2.32. The van der Waals surface area contributed by atoms with E-state index in [1.54, 1.807) is 16.9 Å². The van der Waals surface area contributed by atoms with E-state index in [1.165, 1.54) is 6.07 Å². The number of halogens is 1. The van der Waals surface area contributed by atoms with Gasteiger partial charge in [-0.2, -0.15) is 5.10 Å². The van der Waals surface area contributed by atoms with Crippen molar-refractivity contribution < 1.29 is 18.7 Å². The molecule has 200 valence electrons. The number of carbonyl (C=O) groups is 1. The third-order valence-corrected chi connectivity index (χ3v) is 6.33. The van der Waals surface area contributed by atoms with Gasteiger partial charge in [0.05, 0.1) is 35.3 Å². The Labute approximate surface area is 220 Å². The van der Waals surface area contributed by atoms with Gasteiger partial charge in [0.1, 0.15) is 17.2 Å². The largest absolute Gasteiger partial charge is 0.493 e. The lowest BCUT2D eigenvalue weighted by Gasteiger charge is -2.21. The average molecular weight is 522 g/mol. The minimum Gasteiger partial charge on any atom is -0.493 e. The molecule has 1 unspecified atom stereocenters. The second-order valence-electron chi connectivity index (χ2n) is 10.5. The highest BCUT2D eigenvalue weighted by Gasteiger charge is 2.23. The Bertz CT molecular complexity index is 1520. The third-order valence-electron chi connectivity index (χ3n) is 6.33. The second kappa shape index (κ2) is 9.62. The number of amides is 1. The lowest BCUT2D eigenvalue weighted by atomic mass is 10.0. The number of nitrogens with one attached hydrogen (secondary N) is 2. The number of aryl methyl sites for hydroxylation is 2. The summed E-state index contributed by atoms with van der Waals surface area (Å²) >= 11 is 0. The number of anilines is 1. The molecule has 1 aliphatic heterocycles. The molecule has 2 N–H and O–H groups in total. The number of ether oxygens (including phenoxy) is 2. The van der Waals surface area contributed by atoms with E-state index >= 15 is 0 Å². The summed E-state index contributed by atoms with van der Waals surface area (Å²) in [6.45, 7) is 9.96. The van der Waals surface area contributed by atoms with Crippen molar-refractivity contribution in [3.05, 3.63) is 58.9 Å². The zero-order valence-electron chi connectivity index (χ0n) is 22.4. The van der Waals surface area contributed by atoms with Crippen molar-refractivity contribution in [3.8, 4) is 17.0 Å². The van der Waals surface area contributed by atoms with Crippen LogP contribution in [-0.4, -0.2) is 42.5 Å². The van der Waals surface area contributed by atoms with Gasteiger partial charge in [-0.05, 0) is 52.8 Å². The van der Waals surface area contributed by atoms with Crippen LogP contribution in [0.1, 0.15) is 56.3 Å². The van der Waals surface area contributed by atoms with Crippen molar-refractivity contribution in [2.45, 2.75) is 59.2 Å². The molecule has 1 atom stereocenters. The summed E-state index contributed by atoms with van der Waals surface area (Å²) in [5.41, 5.74) is 4.54. The second-order valence-corrected chi connectivity index (χ2v) is 10.5. The first kappa shape index (κ1) is 25.5. The van der Waals surface area contributed by atoms with Gasteiger partial charge < -0.3 is 20.1 Å². The number of hydrogen-bond acceptors (Lipinski definition) is 7. The summed E-state index contributed by atoms with van der Waals surface area (Å²) < 4.78 is 29.4. The summed E-state index contributed by atoms with van der Waals surface area (Å²) in [6, 6.07) is 4.62. The molecule has 11 heteroatoms. The van der Waals surface area contributed by atoms with E-state index in [9.17, 15) is 9.18 Å². The van der Waals surface area contributed by atoms with Crippen LogP contribution in [0.15, 0.2) is 30.6 Å². The standard InChI is InChI=1S/C27H32FN7O3/c1-15-11-22(34(6)33-15)19-13-30-25(29-12-18-17-9-10-37-23(17)8-7-20(18)28)35-14-21(32-24(19)35)16(2)31-26(36)38-27(3,4)5/h7-8,11,13-14,16H,9-10,12H2,1-6H3,(H,29,30)(H,31,36). The molecular weight excluding hydrogens is 489 g/mol. The van der Waals surface area contributed by atoms with Crippen molar-refractivity contribution in [2.24, 2.45) is 7.05 Å². The quantitative estimate of drug-likeness (QED) is 0.378. The topological polar surface area (TPSA) is 108 Å². The van der Waals surface area contributed by atoms with E-state index in [0.717, 1.165) is 28.3 Å². The maximum Gasteiger partial charge on any atom is 0.408 e. The molecule has 0 saturated heterocycles. The number of aromatic nitrogens is 5. The first-order valence-corrected chi connectivity index (χ1v) is 12.6. The molecule has 0 aliphatic carbocycles. The lowest BCUT2D eigenvalue weighted by molar-refractivity contribution is 0.0507. The van der Waals surface area contributed by atoms with Gasteiger partial charge in [-0.3, -0.25) is 9.08 Å². The molecule has 1 amide bonds. The Kier molecular flexibility index (Phi) is 6.46. The van der Waals surface area contributed by atoms with E-state index in [0.29, 0.717) is 35.9 Å². The van der Waals surface area contributed by atoms with Crippen molar-refractivity contribution in [2.75, 3.05) is 11.9 Å².